The van der Waals surface area contributed by atoms with Crippen LogP contribution in [-0.2, 0) is 0 Å². The maximum absolute atomic E-state index is 12.1. The molecular weight excluding hydrogens is 323 g/mol. The third kappa shape index (κ3) is 4.32. The zero-order valence-electron chi connectivity index (χ0n) is 12.4. The van der Waals surface area contributed by atoms with Crippen molar-refractivity contribution in [2.45, 2.75) is 26.3 Å². The van der Waals surface area contributed by atoms with Crippen LogP contribution in [0, 0.1) is 0 Å². The molecule has 0 radical (unpaired) electrons. The Hall–Kier alpha value is -1.85. The third-order valence-corrected chi connectivity index (χ3v) is 3.39. The lowest BCUT2D eigenvalue weighted by molar-refractivity contribution is 0.0914. The quantitative estimate of drug-likeness (QED) is 0.885. The van der Waals surface area contributed by atoms with Gasteiger partial charge in [0.2, 0.25) is 5.95 Å². The standard InChI is InChI=1S/C15H16Cl2N4O/c1-15(2,3)21-13(22)11-7-8-18-14(20-11)19-10-6-4-5-9(16)12(10)17/h4-8H,1-3H3,(H,21,22)(H,18,19,20). The minimum Gasteiger partial charge on any atom is -0.346 e. The van der Waals surface area contributed by atoms with Crippen LogP contribution in [0.2, 0.25) is 10.0 Å². The molecule has 0 aliphatic heterocycles. The van der Waals surface area contributed by atoms with Gasteiger partial charge in [0.25, 0.3) is 5.91 Å². The molecule has 0 atom stereocenters. The van der Waals surface area contributed by atoms with Crippen molar-refractivity contribution in [2.75, 3.05) is 5.32 Å². The van der Waals surface area contributed by atoms with E-state index < -0.39 is 0 Å². The van der Waals surface area contributed by atoms with Crippen LogP contribution in [0.5, 0.6) is 0 Å². The molecule has 2 aromatic rings. The first kappa shape index (κ1) is 16.5. The fourth-order valence-corrected chi connectivity index (χ4v) is 2.02. The second kappa shape index (κ2) is 6.50. The van der Waals surface area contributed by atoms with E-state index in [4.69, 9.17) is 23.2 Å². The summed E-state index contributed by atoms with van der Waals surface area (Å²) in [5, 5.41) is 6.59. The first-order valence-electron chi connectivity index (χ1n) is 6.63. The SMILES string of the molecule is CC(C)(C)NC(=O)c1ccnc(Nc2cccc(Cl)c2Cl)n1. The molecule has 0 aliphatic carbocycles. The molecule has 1 amide bonds. The molecule has 2 rings (SSSR count). The molecule has 0 unspecified atom stereocenters. The van der Waals surface area contributed by atoms with E-state index >= 15 is 0 Å². The van der Waals surface area contributed by atoms with Gasteiger partial charge >= 0.3 is 0 Å². The number of anilines is 2. The molecule has 1 aromatic heterocycles. The largest absolute Gasteiger partial charge is 0.346 e. The highest BCUT2D eigenvalue weighted by molar-refractivity contribution is 6.43. The predicted octanol–water partition coefficient (Wildman–Crippen LogP) is 4.06. The normalized spacial score (nSPS) is 11.1. The number of nitrogens with zero attached hydrogens (tertiary/aromatic N) is 2. The van der Waals surface area contributed by atoms with Gasteiger partial charge in [0, 0.05) is 11.7 Å². The Morgan fingerprint density at radius 1 is 1.18 bits per heavy atom. The topological polar surface area (TPSA) is 66.9 Å². The van der Waals surface area contributed by atoms with Crippen molar-refractivity contribution in [2.24, 2.45) is 0 Å². The molecule has 0 saturated heterocycles. The molecule has 0 spiro atoms. The van der Waals surface area contributed by atoms with E-state index in [0.717, 1.165) is 0 Å². The molecule has 1 heterocycles. The Morgan fingerprint density at radius 3 is 2.59 bits per heavy atom. The van der Waals surface area contributed by atoms with Gasteiger partial charge in [-0.25, -0.2) is 9.97 Å². The zero-order valence-corrected chi connectivity index (χ0v) is 14.0. The second-order valence-corrected chi connectivity index (χ2v) is 6.48. The zero-order chi connectivity index (χ0) is 16.3. The lowest BCUT2D eigenvalue weighted by atomic mass is 10.1. The van der Waals surface area contributed by atoms with Gasteiger partial charge in [-0.3, -0.25) is 4.79 Å². The fraction of sp³-hybridized carbons (Fsp3) is 0.267. The first-order chi connectivity index (χ1) is 10.3. The van der Waals surface area contributed by atoms with E-state index in [-0.39, 0.29) is 23.1 Å². The predicted molar refractivity (Wildman–Crippen MR) is 89.0 cm³/mol. The number of halogens is 2. The van der Waals surface area contributed by atoms with E-state index in [1.807, 2.05) is 20.8 Å². The van der Waals surface area contributed by atoms with Crippen molar-refractivity contribution < 1.29 is 4.79 Å². The maximum Gasteiger partial charge on any atom is 0.270 e. The summed E-state index contributed by atoms with van der Waals surface area (Å²) in [7, 11) is 0. The van der Waals surface area contributed by atoms with Gasteiger partial charge in [0.1, 0.15) is 5.69 Å². The van der Waals surface area contributed by atoms with E-state index in [0.29, 0.717) is 15.7 Å². The van der Waals surface area contributed by atoms with Crippen LogP contribution in [0.4, 0.5) is 11.6 Å². The number of hydrogen-bond acceptors (Lipinski definition) is 4. The summed E-state index contributed by atoms with van der Waals surface area (Å²) >= 11 is 12.1. The minimum absolute atomic E-state index is 0.268. The Bertz CT molecular complexity index is 698. The van der Waals surface area contributed by atoms with Gasteiger partial charge in [-0.2, -0.15) is 0 Å². The molecule has 7 heteroatoms. The number of benzene rings is 1. The van der Waals surface area contributed by atoms with Crippen molar-refractivity contribution in [3.63, 3.8) is 0 Å². The molecule has 0 fully saturated rings. The average molecular weight is 339 g/mol. The van der Waals surface area contributed by atoms with E-state index in [1.54, 1.807) is 24.3 Å². The molecule has 1 aromatic carbocycles. The Balaban J connectivity index is 2.22. The van der Waals surface area contributed by atoms with Crippen LogP contribution in [0.1, 0.15) is 31.3 Å². The number of carbonyl (C=O) groups is 1. The first-order valence-corrected chi connectivity index (χ1v) is 7.38. The molecule has 0 bridgehead atoms. The van der Waals surface area contributed by atoms with Gasteiger partial charge in [0.15, 0.2) is 0 Å². The highest BCUT2D eigenvalue weighted by Gasteiger charge is 2.17. The van der Waals surface area contributed by atoms with Gasteiger partial charge in [-0.1, -0.05) is 29.3 Å². The van der Waals surface area contributed by atoms with Gasteiger partial charge in [-0.05, 0) is 39.0 Å². The Kier molecular flexibility index (Phi) is 4.88. The van der Waals surface area contributed by atoms with E-state index in [1.165, 1.54) is 6.20 Å². The summed E-state index contributed by atoms with van der Waals surface area (Å²) in [4.78, 5) is 20.4. The van der Waals surface area contributed by atoms with Gasteiger partial charge in [0.05, 0.1) is 15.7 Å². The van der Waals surface area contributed by atoms with Crippen LogP contribution in [0.25, 0.3) is 0 Å². The summed E-state index contributed by atoms with van der Waals surface area (Å²) in [5.74, 6) is 0.000803. The maximum atomic E-state index is 12.1. The van der Waals surface area contributed by atoms with Crippen molar-refractivity contribution in [3.8, 4) is 0 Å². The van der Waals surface area contributed by atoms with Crippen molar-refractivity contribution in [1.82, 2.24) is 15.3 Å². The number of carbonyl (C=O) groups excluding carboxylic acids is 1. The van der Waals surface area contributed by atoms with Crippen LogP contribution >= 0.6 is 23.2 Å². The number of nitrogens with one attached hydrogen (secondary N) is 2. The van der Waals surface area contributed by atoms with Crippen LogP contribution < -0.4 is 10.6 Å². The summed E-state index contributed by atoms with van der Waals surface area (Å²) in [6, 6.07) is 6.74. The molecule has 116 valence electrons. The lowest BCUT2D eigenvalue weighted by Crippen LogP contribution is -2.41. The monoisotopic (exact) mass is 338 g/mol. The van der Waals surface area contributed by atoms with E-state index in [2.05, 4.69) is 20.6 Å². The summed E-state index contributed by atoms with van der Waals surface area (Å²) in [6.45, 7) is 5.70. The molecule has 5 nitrogen and oxygen atoms in total. The number of amides is 1. The summed E-state index contributed by atoms with van der Waals surface area (Å²) in [6.07, 6.45) is 1.51. The van der Waals surface area contributed by atoms with Crippen molar-refractivity contribution in [1.29, 1.82) is 0 Å². The fourth-order valence-electron chi connectivity index (χ4n) is 1.67. The smallest absolute Gasteiger partial charge is 0.270 e. The molecular formula is C15H16Cl2N4O. The Labute approximate surface area is 139 Å². The molecule has 0 saturated carbocycles. The number of hydrogen-bond donors (Lipinski definition) is 2. The minimum atomic E-state index is -0.341. The van der Waals surface area contributed by atoms with Crippen molar-refractivity contribution in [3.05, 3.63) is 46.2 Å². The third-order valence-electron chi connectivity index (χ3n) is 2.57. The highest BCUT2D eigenvalue weighted by atomic mass is 35.5. The molecule has 22 heavy (non-hydrogen) atoms. The molecule has 2 N–H and O–H groups in total. The summed E-state index contributed by atoms with van der Waals surface area (Å²) in [5.41, 5.74) is 0.499. The average Bonchev–Trinajstić information content (AvgIpc) is 2.42. The van der Waals surface area contributed by atoms with Crippen LogP contribution in [-0.4, -0.2) is 21.4 Å². The second-order valence-electron chi connectivity index (χ2n) is 5.70. The van der Waals surface area contributed by atoms with Gasteiger partial charge < -0.3 is 10.6 Å². The van der Waals surface area contributed by atoms with Gasteiger partial charge in [-0.15, -0.1) is 0 Å². The lowest BCUT2D eigenvalue weighted by Gasteiger charge is -2.20. The Morgan fingerprint density at radius 2 is 1.91 bits per heavy atom. The van der Waals surface area contributed by atoms with E-state index in [9.17, 15) is 4.79 Å². The van der Waals surface area contributed by atoms with Crippen LogP contribution in [0.3, 0.4) is 0 Å². The number of rotatable bonds is 3. The van der Waals surface area contributed by atoms with Crippen LogP contribution in [0.15, 0.2) is 30.5 Å². The van der Waals surface area contributed by atoms with Crippen molar-refractivity contribution >= 4 is 40.7 Å². The highest BCUT2D eigenvalue weighted by Crippen LogP contribution is 2.30. The number of aromatic nitrogens is 2. The summed E-state index contributed by atoms with van der Waals surface area (Å²) < 4.78 is 0. The molecule has 0 aliphatic rings.